The molecule has 1 amide bonds. The highest BCUT2D eigenvalue weighted by atomic mass is 32.1. The molecule has 0 saturated heterocycles. The summed E-state index contributed by atoms with van der Waals surface area (Å²) in [5, 5.41) is 2.05. The molecule has 0 radical (unpaired) electrons. The first-order valence-corrected chi connectivity index (χ1v) is 13.5. The maximum atomic E-state index is 14.4. The van der Waals surface area contributed by atoms with Crippen LogP contribution in [-0.4, -0.2) is 41.2 Å². The van der Waals surface area contributed by atoms with Gasteiger partial charge in [-0.2, -0.15) is 0 Å². The van der Waals surface area contributed by atoms with Crippen LogP contribution in [0.25, 0.3) is 0 Å². The Bertz CT molecular complexity index is 1330. The second-order valence-corrected chi connectivity index (χ2v) is 10.4. The fourth-order valence-corrected chi connectivity index (χ4v) is 6.18. The molecule has 3 aromatic carbocycles. The molecule has 5 heteroatoms. The lowest BCUT2D eigenvalue weighted by Crippen LogP contribution is -2.43. The zero-order valence-electron chi connectivity index (χ0n) is 20.2. The second-order valence-electron chi connectivity index (χ2n) is 9.46. The molecule has 0 unspecified atom stereocenters. The lowest BCUT2D eigenvalue weighted by atomic mass is 9.83. The van der Waals surface area contributed by atoms with Gasteiger partial charge in [-0.25, -0.2) is 4.99 Å². The van der Waals surface area contributed by atoms with E-state index in [1.165, 1.54) is 11.1 Å². The van der Waals surface area contributed by atoms with E-state index in [1.54, 1.807) is 11.3 Å². The molecule has 6 rings (SSSR count). The van der Waals surface area contributed by atoms with Crippen molar-refractivity contribution in [3.8, 4) is 0 Å². The van der Waals surface area contributed by atoms with Crippen LogP contribution >= 0.6 is 11.3 Å². The van der Waals surface area contributed by atoms with Crippen molar-refractivity contribution in [2.75, 3.05) is 19.6 Å². The minimum atomic E-state index is -1.06. The van der Waals surface area contributed by atoms with Gasteiger partial charge in [-0.15, -0.1) is 11.3 Å². The van der Waals surface area contributed by atoms with Crippen LogP contribution in [0.3, 0.4) is 0 Å². The van der Waals surface area contributed by atoms with Crippen molar-refractivity contribution in [3.05, 3.63) is 130 Å². The van der Waals surface area contributed by atoms with Crippen molar-refractivity contribution < 1.29 is 4.79 Å². The number of benzene rings is 3. The summed E-state index contributed by atoms with van der Waals surface area (Å²) in [5.74, 6) is 0.819. The van der Waals surface area contributed by atoms with Gasteiger partial charge in [0.2, 0.25) is 0 Å². The summed E-state index contributed by atoms with van der Waals surface area (Å²) in [7, 11) is 0. The number of thiophene rings is 1. The van der Waals surface area contributed by atoms with Gasteiger partial charge in [0, 0.05) is 26.2 Å². The van der Waals surface area contributed by atoms with Crippen molar-refractivity contribution >= 4 is 23.1 Å². The van der Waals surface area contributed by atoms with Crippen molar-refractivity contribution in [2.24, 2.45) is 4.99 Å². The highest BCUT2D eigenvalue weighted by molar-refractivity contribution is 7.12. The Hall–Kier alpha value is -3.54. The number of hydrogen-bond acceptors (Lipinski definition) is 4. The average Bonchev–Trinajstić information content (AvgIpc) is 3.57. The van der Waals surface area contributed by atoms with Crippen LogP contribution in [0.15, 0.2) is 107 Å². The molecule has 0 saturated carbocycles. The Morgan fingerprint density at radius 1 is 0.778 bits per heavy atom. The number of carbonyl (C=O) groups is 1. The predicted molar refractivity (Wildman–Crippen MR) is 146 cm³/mol. The minimum Gasteiger partial charge on any atom is -0.299 e. The van der Waals surface area contributed by atoms with E-state index in [-0.39, 0.29) is 5.91 Å². The van der Waals surface area contributed by atoms with Gasteiger partial charge in [-0.3, -0.25) is 14.6 Å². The van der Waals surface area contributed by atoms with Gasteiger partial charge in [-0.05, 0) is 46.5 Å². The van der Waals surface area contributed by atoms with Crippen molar-refractivity contribution in [3.63, 3.8) is 0 Å². The fourth-order valence-electron chi connectivity index (χ4n) is 5.46. The summed E-state index contributed by atoms with van der Waals surface area (Å²) in [4.78, 5) is 25.1. The first-order valence-electron chi connectivity index (χ1n) is 12.6. The van der Waals surface area contributed by atoms with Crippen LogP contribution in [0, 0.1) is 0 Å². The topological polar surface area (TPSA) is 35.9 Å². The first kappa shape index (κ1) is 22.9. The van der Waals surface area contributed by atoms with Crippen molar-refractivity contribution in [2.45, 2.75) is 24.9 Å². The molecule has 1 aromatic heterocycles. The van der Waals surface area contributed by atoms with Gasteiger partial charge >= 0.3 is 0 Å². The van der Waals surface area contributed by atoms with Crippen LogP contribution in [0.4, 0.5) is 0 Å². The Labute approximate surface area is 216 Å². The molecular formula is C31H29N3OS. The molecule has 0 spiro atoms. The largest absolute Gasteiger partial charge is 0.299 e. The maximum Gasteiger partial charge on any atom is 0.265 e. The molecule has 2 aliphatic rings. The van der Waals surface area contributed by atoms with E-state index in [0.29, 0.717) is 6.54 Å². The highest BCUT2D eigenvalue weighted by Crippen LogP contribution is 2.41. The molecule has 0 aliphatic carbocycles. The maximum absolute atomic E-state index is 14.4. The first-order chi connectivity index (χ1) is 17.8. The third kappa shape index (κ3) is 4.08. The molecule has 3 heterocycles. The molecule has 0 bridgehead atoms. The summed E-state index contributed by atoms with van der Waals surface area (Å²) in [6, 6.07) is 32.9. The number of hydrogen-bond donors (Lipinski definition) is 0. The standard InChI is InChI=1S/C31H29N3OS/c35-30-31(26-13-3-1-4-14-26,27-15-5-2-6-16-27)32-29(28-17-9-22-36-28)34(30)20-10-19-33-21-18-24-11-7-8-12-25(24)23-33/h1-9,11-17,22H,10,18-21,23H2. The molecule has 0 N–H and O–H groups in total. The van der Waals surface area contributed by atoms with E-state index < -0.39 is 5.54 Å². The number of rotatable bonds is 7. The van der Waals surface area contributed by atoms with Crippen LogP contribution in [-0.2, 0) is 23.3 Å². The van der Waals surface area contributed by atoms with E-state index in [1.807, 2.05) is 71.6 Å². The fraction of sp³-hybridized carbons (Fsp3) is 0.226. The van der Waals surface area contributed by atoms with Gasteiger partial charge in [-0.1, -0.05) is 91.0 Å². The van der Waals surface area contributed by atoms with Crippen LogP contribution < -0.4 is 0 Å². The smallest absolute Gasteiger partial charge is 0.265 e. The predicted octanol–water partition coefficient (Wildman–Crippen LogP) is 5.73. The lowest BCUT2D eigenvalue weighted by molar-refractivity contribution is -0.130. The van der Waals surface area contributed by atoms with Gasteiger partial charge in [0.25, 0.3) is 5.91 Å². The Kier molecular flexibility index (Phi) is 6.26. The molecular weight excluding hydrogens is 462 g/mol. The van der Waals surface area contributed by atoms with Crippen molar-refractivity contribution in [1.82, 2.24) is 9.80 Å². The monoisotopic (exact) mass is 491 g/mol. The number of fused-ring (bicyclic) bond motifs is 1. The zero-order valence-corrected chi connectivity index (χ0v) is 21.0. The van der Waals surface area contributed by atoms with E-state index in [0.717, 1.165) is 54.3 Å². The second kappa shape index (κ2) is 9.84. The highest BCUT2D eigenvalue weighted by Gasteiger charge is 2.51. The summed E-state index contributed by atoms with van der Waals surface area (Å²) >= 11 is 1.64. The van der Waals surface area contributed by atoms with Gasteiger partial charge in [0.1, 0.15) is 5.84 Å². The number of nitrogens with zero attached hydrogens (tertiary/aromatic N) is 3. The van der Waals surface area contributed by atoms with Gasteiger partial charge < -0.3 is 0 Å². The molecule has 4 nitrogen and oxygen atoms in total. The van der Waals surface area contributed by atoms with E-state index in [4.69, 9.17) is 4.99 Å². The van der Waals surface area contributed by atoms with E-state index >= 15 is 0 Å². The normalized spacial score (nSPS) is 17.2. The van der Waals surface area contributed by atoms with Gasteiger partial charge in [0.15, 0.2) is 5.54 Å². The van der Waals surface area contributed by atoms with Crippen LogP contribution in [0.2, 0.25) is 0 Å². The number of carbonyl (C=O) groups excluding carboxylic acids is 1. The molecule has 0 atom stereocenters. The minimum absolute atomic E-state index is 0.0345. The Morgan fingerprint density at radius 3 is 2.11 bits per heavy atom. The quantitative estimate of drug-likeness (QED) is 0.331. The number of aliphatic imine (C=N–C) groups is 1. The summed E-state index contributed by atoms with van der Waals surface area (Å²) in [5.41, 5.74) is 3.64. The molecule has 2 aliphatic heterocycles. The average molecular weight is 492 g/mol. The summed E-state index contributed by atoms with van der Waals surface area (Å²) in [6.07, 6.45) is 1.99. The summed E-state index contributed by atoms with van der Waals surface area (Å²) < 4.78 is 0. The molecule has 36 heavy (non-hydrogen) atoms. The third-order valence-electron chi connectivity index (χ3n) is 7.27. The molecule has 180 valence electrons. The molecule has 4 aromatic rings. The SMILES string of the molecule is O=C1N(CCCN2CCc3ccccc3C2)C(c2cccs2)=NC1(c1ccccc1)c1ccccc1. The number of amidine groups is 1. The zero-order chi connectivity index (χ0) is 24.4. The third-order valence-corrected chi connectivity index (χ3v) is 8.14. The van der Waals surface area contributed by atoms with E-state index in [2.05, 4.69) is 40.6 Å². The Balaban J connectivity index is 1.30. The van der Waals surface area contributed by atoms with Crippen LogP contribution in [0.1, 0.15) is 33.6 Å². The van der Waals surface area contributed by atoms with Crippen LogP contribution in [0.5, 0.6) is 0 Å². The van der Waals surface area contributed by atoms with Crippen molar-refractivity contribution in [1.29, 1.82) is 0 Å². The lowest BCUT2D eigenvalue weighted by Gasteiger charge is -2.30. The Morgan fingerprint density at radius 2 is 1.44 bits per heavy atom. The van der Waals surface area contributed by atoms with Gasteiger partial charge in [0.05, 0.1) is 4.88 Å². The van der Waals surface area contributed by atoms with E-state index in [9.17, 15) is 4.79 Å². The summed E-state index contributed by atoms with van der Waals surface area (Å²) in [6.45, 7) is 3.65. The molecule has 0 fully saturated rings. The number of amides is 1.